The third-order valence-corrected chi connectivity index (χ3v) is 6.74. The van der Waals surface area contributed by atoms with E-state index in [0.29, 0.717) is 18.7 Å². The van der Waals surface area contributed by atoms with Gasteiger partial charge in [-0.15, -0.1) is 0 Å². The fraction of sp³-hybridized carbons (Fsp3) is 0.304. The zero-order valence-electron chi connectivity index (χ0n) is 18.1. The molecule has 2 heterocycles. The van der Waals surface area contributed by atoms with Gasteiger partial charge in [-0.3, -0.25) is 4.79 Å². The highest BCUT2D eigenvalue weighted by atomic mass is 32.2. The molecule has 1 fully saturated rings. The third-order valence-electron chi connectivity index (χ3n) is 5.81. The summed E-state index contributed by atoms with van der Waals surface area (Å²) in [7, 11) is -2.14. The number of methoxy groups -OCH3 is 1. The van der Waals surface area contributed by atoms with Gasteiger partial charge < -0.3 is 9.64 Å². The van der Waals surface area contributed by atoms with Crippen molar-refractivity contribution in [1.29, 1.82) is 0 Å². The van der Waals surface area contributed by atoms with E-state index < -0.39 is 10.0 Å². The van der Waals surface area contributed by atoms with E-state index in [0.717, 1.165) is 35.7 Å². The summed E-state index contributed by atoms with van der Waals surface area (Å²) < 4.78 is 30.1. The first-order chi connectivity index (χ1) is 15.3. The van der Waals surface area contributed by atoms with Gasteiger partial charge in [0.2, 0.25) is 10.0 Å². The smallest absolute Gasteiger partial charge is 0.253 e. The van der Waals surface area contributed by atoms with Crippen LogP contribution >= 0.6 is 0 Å². The number of sulfonamides is 1. The number of aryl methyl sites for hydroxylation is 1. The maximum absolute atomic E-state index is 12.9. The Morgan fingerprint density at radius 3 is 2.25 bits per heavy atom. The van der Waals surface area contributed by atoms with Crippen LogP contribution in [-0.4, -0.2) is 49.2 Å². The fourth-order valence-electron chi connectivity index (χ4n) is 4.09. The Morgan fingerprint density at radius 2 is 1.69 bits per heavy atom. The molecule has 1 aliphatic heterocycles. The van der Waals surface area contributed by atoms with Crippen LogP contribution in [0.5, 0.6) is 5.75 Å². The number of rotatable bonds is 5. The fourth-order valence-corrected chi connectivity index (χ4v) is 4.60. The summed E-state index contributed by atoms with van der Waals surface area (Å²) in [6.45, 7) is 3.25. The molecule has 2 aromatic carbocycles. The number of likely N-dealkylation sites (tertiary alicyclic amines) is 1. The highest BCUT2D eigenvalue weighted by molar-refractivity contribution is 7.89. The van der Waals surface area contributed by atoms with E-state index in [1.165, 1.54) is 12.1 Å². The molecule has 0 atom stereocenters. The van der Waals surface area contributed by atoms with Crippen molar-refractivity contribution < 1.29 is 17.9 Å². The molecule has 8 nitrogen and oxygen atoms in total. The van der Waals surface area contributed by atoms with Crippen LogP contribution < -0.4 is 9.88 Å². The van der Waals surface area contributed by atoms with Crippen LogP contribution in [0, 0.1) is 6.92 Å². The number of benzene rings is 2. The van der Waals surface area contributed by atoms with E-state index in [4.69, 9.17) is 9.88 Å². The molecular formula is C23H26N4O4S. The van der Waals surface area contributed by atoms with E-state index in [9.17, 15) is 13.2 Å². The molecule has 1 aliphatic rings. The molecule has 0 saturated carbocycles. The standard InChI is InChI=1S/C23H26N4O4S/c1-16-15-22(27(25-16)19-5-9-21(10-6-19)32(24,29)30)17-11-13-26(14-12-17)23(28)18-3-7-20(31-2)8-4-18/h3-10,15,17H,11-14H2,1-2H3,(H2,24,29,30). The maximum atomic E-state index is 12.9. The Kier molecular flexibility index (Phi) is 6.03. The molecule has 1 saturated heterocycles. The Morgan fingerprint density at radius 1 is 1.06 bits per heavy atom. The number of aromatic nitrogens is 2. The largest absolute Gasteiger partial charge is 0.497 e. The van der Waals surface area contributed by atoms with Crippen molar-refractivity contribution in [3.05, 3.63) is 71.5 Å². The normalized spacial score (nSPS) is 15.0. The molecule has 4 rings (SSSR count). The van der Waals surface area contributed by atoms with Gasteiger partial charge in [-0.25, -0.2) is 18.2 Å². The number of nitrogens with two attached hydrogens (primary N) is 1. The Hall–Kier alpha value is -3.17. The first-order valence-electron chi connectivity index (χ1n) is 10.4. The molecule has 168 valence electrons. The Bertz CT molecular complexity index is 1210. The van der Waals surface area contributed by atoms with Gasteiger partial charge in [-0.2, -0.15) is 5.10 Å². The quantitative estimate of drug-likeness (QED) is 0.638. The van der Waals surface area contributed by atoms with E-state index in [1.807, 2.05) is 16.5 Å². The van der Waals surface area contributed by atoms with Crippen molar-refractivity contribution in [3.63, 3.8) is 0 Å². The molecule has 0 bridgehead atoms. The number of nitrogens with zero attached hydrogens (tertiary/aromatic N) is 3. The summed E-state index contributed by atoms with van der Waals surface area (Å²) >= 11 is 0. The molecule has 0 aliphatic carbocycles. The summed E-state index contributed by atoms with van der Waals surface area (Å²) in [5.74, 6) is 0.990. The molecule has 0 spiro atoms. The third kappa shape index (κ3) is 4.53. The van der Waals surface area contributed by atoms with Crippen LogP contribution in [0.3, 0.4) is 0 Å². The molecule has 2 N–H and O–H groups in total. The molecule has 0 unspecified atom stereocenters. The zero-order valence-corrected chi connectivity index (χ0v) is 18.9. The van der Waals surface area contributed by atoms with Crippen LogP contribution in [0.4, 0.5) is 0 Å². The Labute approximate surface area is 187 Å². The molecule has 1 amide bonds. The Balaban J connectivity index is 1.49. The minimum atomic E-state index is -3.74. The highest BCUT2D eigenvalue weighted by Gasteiger charge is 2.27. The number of carbonyl (C=O) groups excluding carboxylic acids is 1. The second-order valence-corrected chi connectivity index (χ2v) is 9.52. The number of hydrogen-bond donors (Lipinski definition) is 1. The number of carbonyl (C=O) groups is 1. The van der Waals surface area contributed by atoms with Crippen molar-refractivity contribution in [2.75, 3.05) is 20.2 Å². The zero-order chi connectivity index (χ0) is 22.9. The van der Waals surface area contributed by atoms with Gasteiger partial charge in [0.15, 0.2) is 0 Å². The summed E-state index contributed by atoms with van der Waals surface area (Å²) in [6, 6.07) is 15.6. The van der Waals surface area contributed by atoms with Crippen LogP contribution in [0.15, 0.2) is 59.5 Å². The van der Waals surface area contributed by atoms with Gasteiger partial charge in [0, 0.05) is 30.3 Å². The van der Waals surface area contributed by atoms with Gasteiger partial charge in [-0.1, -0.05) is 0 Å². The van der Waals surface area contributed by atoms with Gasteiger partial charge in [0.25, 0.3) is 5.91 Å². The summed E-state index contributed by atoms with van der Waals surface area (Å²) in [6.07, 6.45) is 1.64. The van der Waals surface area contributed by atoms with E-state index in [2.05, 4.69) is 11.2 Å². The number of primary sulfonamides is 1. The first-order valence-corrected chi connectivity index (χ1v) is 11.9. The lowest BCUT2D eigenvalue weighted by Gasteiger charge is -2.32. The van der Waals surface area contributed by atoms with Crippen LogP contribution in [-0.2, 0) is 10.0 Å². The minimum absolute atomic E-state index is 0.0226. The predicted molar refractivity (Wildman–Crippen MR) is 121 cm³/mol. The van der Waals surface area contributed by atoms with Gasteiger partial charge in [0.1, 0.15) is 5.75 Å². The van der Waals surface area contributed by atoms with E-state index >= 15 is 0 Å². The lowest BCUT2D eigenvalue weighted by molar-refractivity contribution is 0.0711. The number of piperidine rings is 1. The van der Waals surface area contributed by atoms with Crippen molar-refractivity contribution in [2.45, 2.75) is 30.6 Å². The average molecular weight is 455 g/mol. The van der Waals surface area contributed by atoms with Gasteiger partial charge in [-0.05, 0) is 74.4 Å². The molecule has 0 radical (unpaired) electrons. The predicted octanol–water partition coefficient (Wildman–Crippen LogP) is 2.86. The van der Waals surface area contributed by atoms with Crippen LogP contribution in [0.2, 0.25) is 0 Å². The first kappa shape index (κ1) is 22.0. The number of ether oxygens (including phenoxy) is 1. The second-order valence-electron chi connectivity index (χ2n) is 7.96. The minimum Gasteiger partial charge on any atom is -0.497 e. The van der Waals surface area contributed by atoms with E-state index in [-0.39, 0.29) is 16.7 Å². The second kappa shape index (κ2) is 8.76. The molecule has 1 aromatic heterocycles. The summed E-state index contributed by atoms with van der Waals surface area (Å²) in [4.78, 5) is 14.8. The molecule has 3 aromatic rings. The van der Waals surface area contributed by atoms with Crippen molar-refractivity contribution in [2.24, 2.45) is 5.14 Å². The van der Waals surface area contributed by atoms with Crippen molar-refractivity contribution in [1.82, 2.24) is 14.7 Å². The van der Waals surface area contributed by atoms with E-state index in [1.54, 1.807) is 43.5 Å². The molecular weight excluding hydrogens is 428 g/mol. The average Bonchev–Trinajstić information content (AvgIpc) is 3.20. The summed E-state index contributed by atoms with van der Waals surface area (Å²) in [5, 5.41) is 9.81. The van der Waals surface area contributed by atoms with Crippen LogP contribution in [0.1, 0.15) is 40.5 Å². The van der Waals surface area contributed by atoms with Crippen LogP contribution in [0.25, 0.3) is 5.69 Å². The lowest BCUT2D eigenvalue weighted by Crippen LogP contribution is -2.38. The lowest BCUT2D eigenvalue weighted by atomic mass is 9.92. The SMILES string of the molecule is COc1ccc(C(=O)N2CCC(c3cc(C)nn3-c3ccc(S(N)(=O)=O)cc3)CC2)cc1. The number of hydrogen-bond acceptors (Lipinski definition) is 5. The van der Waals surface area contributed by atoms with Crippen molar-refractivity contribution >= 4 is 15.9 Å². The maximum Gasteiger partial charge on any atom is 0.253 e. The highest BCUT2D eigenvalue weighted by Crippen LogP contribution is 2.31. The topological polar surface area (TPSA) is 108 Å². The van der Waals surface area contributed by atoms with Crippen molar-refractivity contribution in [3.8, 4) is 11.4 Å². The molecule has 9 heteroatoms. The number of amides is 1. The summed E-state index contributed by atoms with van der Waals surface area (Å²) in [5.41, 5.74) is 3.37. The van der Waals surface area contributed by atoms with Gasteiger partial charge in [0.05, 0.1) is 23.4 Å². The monoisotopic (exact) mass is 454 g/mol. The van der Waals surface area contributed by atoms with Gasteiger partial charge >= 0.3 is 0 Å². The molecule has 32 heavy (non-hydrogen) atoms.